The van der Waals surface area contributed by atoms with Gasteiger partial charge in [-0.15, -0.1) is 0 Å². The number of carbonyl (C=O) groups excluding carboxylic acids is 1. The molecule has 2 N–H and O–H groups in total. The van der Waals surface area contributed by atoms with Gasteiger partial charge >= 0.3 is 0 Å². The molecule has 1 aromatic heterocycles. The van der Waals surface area contributed by atoms with E-state index in [2.05, 4.69) is 4.98 Å². The SMILES string of the molecule is CC(=O)c1cc(F)cnc1N. The summed E-state index contributed by atoms with van der Waals surface area (Å²) >= 11 is 0. The number of nitrogens with zero attached hydrogens (tertiary/aromatic N) is 1. The number of pyridine rings is 1. The molecule has 0 aromatic carbocycles. The minimum atomic E-state index is -0.551. The summed E-state index contributed by atoms with van der Waals surface area (Å²) in [5, 5.41) is 0. The number of nitrogens with two attached hydrogens (primary N) is 1. The summed E-state index contributed by atoms with van der Waals surface area (Å²) in [6.07, 6.45) is 0.974. The molecule has 3 nitrogen and oxygen atoms in total. The molecule has 0 bridgehead atoms. The summed E-state index contributed by atoms with van der Waals surface area (Å²) in [5.74, 6) is -0.766. The second kappa shape index (κ2) is 2.65. The van der Waals surface area contributed by atoms with Crippen molar-refractivity contribution in [3.05, 3.63) is 23.6 Å². The van der Waals surface area contributed by atoms with Gasteiger partial charge in [0.15, 0.2) is 5.78 Å². The van der Waals surface area contributed by atoms with Crippen LogP contribution in [0.5, 0.6) is 0 Å². The Kier molecular flexibility index (Phi) is 1.85. The number of rotatable bonds is 1. The zero-order valence-corrected chi connectivity index (χ0v) is 5.97. The van der Waals surface area contributed by atoms with Crippen LogP contribution in [-0.2, 0) is 0 Å². The lowest BCUT2D eigenvalue weighted by molar-refractivity contribution is 0.101. The molecular formula is C7H7FN2O. The van der Waals surface area contributed by atoms with Crippen molar-refractivity contribution in [2.24, 2.45) is 0 Å². The maximum atomic E-state index is 12.4. The van der Waals surface area contributed by atoms with Gasteiger partial charge in [0.25, 0.3) is 0 Å². The molecule has 0 fully saturated rings. The van der Waals surface area contributed by atoms with Crippen LogP contribution in [-0.4, -0.2) is 10.8 Å². The van der Waals surface area contributed by atoms with Gasteiger partial charge < -0.3 is 5.73 Å². The standard InChI is InChI=1S/C7H7FN2O/c1-4(11)6-2-5(8)3-10-7(6)9/h2-3H,1H3,(H2,9,10). The molecule has 0 atom stereocenters. The summed E-state index contributed by atoms with van der Waals surface area (Å²) in [4.78, 5) is 14.2. The zero-order valence-electron chi connectivity index (χ0n) is 5.97. The number of hydrogen-bond donors (Lipinski definition) is 1. The number of halogens is 1. The lowest BCUT2D eigenvalue weighted by atomic mass is 10.2. The monoisotopic (exact) mass is 154 g/mol. The minimum Gasteiger partial charge on any atom is -0.383 e. The normalized spacial score (nSPS) is 9.64. The van der Waals surface area contributed by atoms with Crippen LogP contribution < -0.4 is 5.73 Å². The highest BCUT2D eigenvalue weighted by molar-refractivity contribution is 5.98. The van der Waals surface area contributed by atoms with E-state index in [9.17, 15) is 9.18 Å². The Morgan fingerprint density at radius 1 is 1.73 bits per heavy atom. The van der Waals surface area contributed by atoms with Gasteiger partial charge in [-0.05, 0) is 13.0 Å². The quantitative estimate of drug-likeness (QED) is 0.614. The van der Waals surface area contributed by atoms with Crippen LogP contribution in [0.25, 0.3) is 0 Å². The van der Waals surface area contributed by atoms with Crippen LogP contribution in [0.3, 0.4) is 0 Å². The number of hydrogen-bond acceptors (Lipinski definition) is 3. The maximum Gasteiger partial charge on any atom is 0.163 e. The lowest BCUT2D eigenvalue weighted by Crippen LogP contribution is -2.02. The van der Waals surface area contributed by atoms with Crippen molar-refractivity contribution in [3.63, 3.8) is 0 Å². The first-order valence-corrected chi connectivity index (χ1v) is 3.03. The topological polar surface area (TPSA) is 56.0 Å². The Labute approximate surface area is 63.0 Å². The van der Waals surface area contributed by atoms with Crippen LogP contribution in [0.15, 0.2) is 12.3 Å². The Hall–Kier alpha value is -1.45. The number of aromatic nitrogens is 1. The van der Waals surface area contributed by atoms with E-state index in [1.807, 2.05) is 0 Å². The van der Waals surface area contributed by atoms with Crippen LogP contribution in [0.2, 0.25) is 0 Å². The van der Waals surface area contributed by atoms with E-state index in [-0.39, 0.29) is 17.2 Å². The average Bonchev–Trinajstić information content (AvgIpc) is 1.94. The van der Waals surface area contributed by atoms with Gasteiger partial charge in [0.1, 0.15) is 11.6 Å². The Balaban J connectivity index is 3.23. The number of nitrogen functional groups attached to an aromatic ring is 1. The predicted molar refractivity (Wildman–Crippen MR) is 38.6 cm³/mol. The molecule has 1 heterocycles. The van der Waals surface area contributed by atoms with Gasteiger partial charge in [0.05, 0.1) is 11.8 Å². The highest BCUT2D eigenvalue weighted by Gasteiger charge is 2.05. The molecule has 58 valence electrons. The molecule has 0 unspecified atom stereocenters. The molecule has 1 aromatic rings. The van der Waals surface area contributed by atoms with E-state index in [1.54, 1.807) is 0 Å². The Bertz CT molecular complexity index is 298. The third-order valence-corrected chi connectivity index (χ3v) is 1.26. The van der Waals surface area contributed by atoms with Crippen molar-refractivity contribution in [1.29, 1.82) is 0 Å². The van der Waals surface area contributed by atoms with E-state index in [0.717, 1.165) is 12.3 Å². The van der Waals surface area contributed by atoms with Crippen LogP contribution in [0, 0.1) is 5.82 Å². The van der Waals surface area contributed by atoms with E-state index in [1.165, 1.54) is 6.92 Å². The average molecular weight is 154 g/mol. The predicted octanol–water partition coefficient (Wildman–Crippen LogP) is 1.01. The summed E-state index contributed by atoms with van der Waals surface area (Å²) in [6.45, 7) is 1.31. The first-order valence-electron chi connectivity index (χ1n) is 3.03. The van der Waals surface area contributed by atoms with Crippen molar-refractivity contribution in [2.45, 2.75) is 6.92 Å². The van der Waals surface area contributed by atoms with E-state index in [4.69, 9.17) is 5.73 Å². The fourth-order valence-corrected chi connectivity index (χ4v) is 0.732. The van der Waals surface area contributed by atoms with Gasteiger partial charge in [-0.2, -0.15) is 0 Å². The molecule has 11 heavy (non-hydrogen) atoms. The first kappa shape index (κ1) is 7.65. The second-order valence-corrected chi connectivity index (χ2v) is 2.14. The van der Waals surface area contributed by atoms with Crippen molar-refractivity contribution in [3.8, 4) is 0 Å². The van der Waals surface area contributed by atoms with Crippen molar-refractivity contribution in [1.82, 2.24) is 4.98 Å². The molecule has 0 spiro atoms. The molecule has 4 heteroatoms. The van der Waals surface area contributed by atoms with Crippen molar-refractivity contribution >= 4 is 11.6 Å². The van der Waals surface area contributed by atoms with Gasteiger partial charge in [0, 0.05) is 0 Å². The molecule has 0 aliphatic carbocycles. The summed E-state index contributed by atoms with van der Waals surface area (Å²) in [5.41, 5.74) is 5.42. The van der Waals surface area contributed by atoms with Gasteiger partial charge in [-0.1, -0.05) is 0 Å². The van der Waals surface area contributed by atoms with Crippen LogP contribution >= 0.6 is 0 Å². The lowest BCUT2D eigenvalue weighted by Gasteiger charge is -1.98. The highest BCUT2D eigenvalue weighted by atomic mass is 19.1. The third kappa shape index (κ3) is 1.52. The van der Waals surface area contributed by atoms with Gasteiger partial charge in [-0.25, -0.2) is 9.37 Å². The number of ketones is 1. The molecule has 0 amide bonds. The summed E-state index contributed by atoms with van der Waals surface area (Å²) in [7, 11) is 0. The minimum absolute atomic E-state index is 0.0684. The maximum absolute atomic E-state index is 12.4. The Morgan fingerprint density at radius 2 is 2.36 bits per heavy atom. The molecule has 0 radical (unpaired) electrons. The molecular weight excluding hydrogens is 147 g/mol. The Morgan fingerprint density at radius 3 is 2.82 bits per heavy atom. The molecule has 0 saturated heterocycles. The van der Waals surface area contributed by atoms with Crippen molar-refractivity contribution in [2.75, 3.05) is 5.73 Å². The first-order chi connectivity index (χ1) is 5.11. The van der Waals surface area contributed by atoms with Gasteiger partial charge in [0.2, 0.25) is 0 Å². The number of carbonyl (C=O) groups is 1. The summed E-state index contributed by atoms with van der Waals surface area (Å²) in [6, 6.07) is 1.07. The number of Topliss-reactive ketones (excluding diaryl/α,β-unsaturated/α-hetero) is 1. The largest absolute Gasteiger partial charge is 0.383 e. The molecule has 1 rings (SSSR count). The van der Waals surface area contributed by atoms with E-state index >= 15 is 0 Å². The fraction of sp³-hybridized carbons (Fsp3) is 0.143. The molecule has 0 aliphatic heterocycles. The van der Waals surface area contributed by atoms with Crippen LogP contribution in [0.4, 0.5) is 10.2 Å². The third-order valence-electron chi connectivity index (χ3n) is 1.26. The van der Waals surface area contributed by atoms with E-state index in [0.29, 0.717) is 0 Å². The van der Waals surface area contributed by atoms with Crippen LogP contribution in [0.1, 0.15) is 17.3 Å². The van der Waals surface area contributed by atoms with Gasteiger partial charge in [-0.3, -0.25) is 4.79 Å². The molecule has 0 saturated carbocycles. The highest BCUT2D eigenvalue weighted by Crippen LogP contribution is 2.09. The fourth-order valence-electron chi connectivity index (χ4n) is 0.732. The molecule has 0 aliphatic rings. The summed E-state index contributed by atoms with van der Waals surface area (Å²) < 4.78 is 12.4. The van der Waals surface area contributed by atoms with E-state index < -0.39 is 5.82 Å². The second-order valence-electron chi connectivity index (χ2n) is 2.14. The van der Waals surface area contributed by atoms with Crippen molar-refractivity contribution < 1.29 is 9.18 Å². The smallest absolute Gasteiger partial charge is 0.163 e. The number of anilines is 1. The zero-order chi connectivity index (χ0) is 8.43.